The van der Waals surface area contributed by atoms with Crippen molar-refractivity contribution in [1.82, 2.24) is 24.7 Å². The maximum absolute atomic E-state index is 5.95. The highest BCUT2D eigenvalue weighted by atomic mass is 16.5. The lowest BCUT2D eigenvalue weighted by Gasteiger charge is -2.35. The highest BCUT2D eigenvalue weighted by Crippen LogP contribution is 2.23. The van der Waals surface area contributed by atoms with E-state index >= 15 is 0 Å². The Morgan fingerprint density at radius 1 is 1.31 bits per heavy atom. The predicted molar refractivity (Wildman–Crippen MR) is 98.9 cm³/mol. The third-order valence-electron chi connectivity index (χ3n) is 5.10. The molecule has 8 heteroatoms. The van der Waals surface area contributed by atoms with Gasteiger partial charge < -0.3 is 19.9 Å². The van der Waals surface area contributed by atoms with Gasteiger partial charge in [-0.3, -0.25) is 0 Å². The van der Waals surface area contributed by atoms with Gasteiger partial charge in [0.25, 0.3) is 0 Å². The maximum Gasteiger partial charge on any atom is 0.224 e. The summed E-state index contributed by atoms with van der Waals surface area (Å²) in [6, 6.07) is 2.19. The maximum atomic E-state index is 5.95. The summed E-state index contributed by atoms with van der Waals surface area (Å²) in [6.45, 7) is 6.83. The smallest absolute Gasteiger partial charge is 0.224 e. The van der Waals surface area contributed by atoms with Crippen molar-refractivity contribution in [1.29, 1.82) is 0 Å². The lowest BCUT2D eigenvalue weighted by atomic mass is 9.94. The molecule has 0 radical (unpaired) electrons. The minimum atomic E-state index is 0.216. The summed E-state index contributed by atoms with van der Waals surface area (Å²) >= 11 is 0. The van der Waals surface area contributed by atoms with Crippen LogP contribution < -0.4 is 10.6 Å². The average Bonchev–Trinajstić information content (AvgIpc) is 3.25. The fourth-order valence-corrected chi connectivity index (χ4v) is 3.83. The molecule has 4 heterocycles. The Balaban J connectivity index is 1.40. The molecule has 0 spiro atoms. The van der Waals surface area contributed by atoms with E-state index in [0.717, 1.165) is 56.3 Å². The Labute approximate surface area is 153 Å². The first-order valence-corrected chi connectivity index (χ1v) is 9.57. The van der Waals surface area contributed by atoms with Crippen molar-refractivity contribution in [2.24, 2.45) is 5.92 Å². The van der Waals surface area contributed by atoms with Crippen LogP contribution in [0.4, 0.5) is 11.8 Å². The van der Waals surface area contributed by atoms with Gasteiger partial charge in [0, 0.05) is 25.8 Å². The SMILES string of the molecule is CC(C)[C@@H]1OCCC[C@H]1Nc1ccnc(NCc2nnc3n2CCC3)n1. The van der Waals surface area contributed by atoms with Crippen LogP contribution in [0.5, 0.6) is 0 Å². The van der Waals surface area contributed by atoms with Crippen LogP contribution in [0, 0.1) is 5.92 Å². The topological polar surface area (TPSA) is 89.8 Å². The van der Waals surface area contributed by atoms with Gasteiger partial charge in [0.2, 0.25) is 5.95 Å². The van der Waals surface area contributed by atoms with Crippen molar-refractivity contribution in [3.8, 4) is 0 Å². The quantitative estimate of drug-likeness (QED) is 0.819. The van der Waals surface area contributed by atoms with Gasteiger partial charge >= 0.3 is 0 Å². The normalized spacial score (nSPS) is 22.4. The third-order valence-corrected chi connectivity index (χ3v) is 5.10. The molecule has 26 heavy (non-hydrogen) atoms. The molecule has 1 fully saturated rings. The molecule has 8 nitrogen and oxygen atoms in total. The number of ether oxygens (including phenoxy) is 1. The van der Waals surface area contributed by atoms with Crippen molar-refractivity contribution >= 4 is 11.8 Å². The van der Waals surface area contributed by atoms with E-state index in [2.05, 4.69) is 49.2 Å². The van der Waals surface area contributed by atoms with Crippen LogP contribution in [0.2, 0.25) is 0 Å². The molecule has 0 bridgehead atoms. The van der Waals surface area contributed by atoms with Crippen LogP contribution in [-0.4, -0.2) is 43.5 Å². The molecule has 0 aromatic carbocycles. The Morgan fingerprint density at radius 2 is 2.23 bits per heavy atom. The molecule has 1 saturated heterocycles. The highest BCUT2D eigenvalue weighted by Gasteiger charge is 2.28. The second-order valence-electron chi connectivity index (χ2n) is 7.38. The number of anilines is 2. The Bertz CT molecular complexity index is 745. The molecule has 0 unspecified atom stereocenters. The first-order valence-electron chi connectivity index (χ1n) is 9.57. The lowest BCUT2D eigenvalue weighted by molar-refractivity contribution is -0.0203. The lowest BCUT2D eigenvalue weighted by Crippen LogP contribution is -2.43. The van der Waals surface area contributed by atoms with E-state index in [1.807, 2.05) is 6.07 Å². The van der Waals surface area contributed by atoms with Crippen molar-refractivity contribution < 1.29 is 4.74 Å². The zero-order chi connectivity index (χ0) is 17.9. The fourth-order valence-electron chi connectivity index (χ4n) is 3.83. The van der Waals surface area contributed by atoms with E-state index in [1.54, 1.807) is 6.20 Å². The summed E-state index contributed by atoms with van der Waals surface area (Å²) in [4.78, 5) is 8.94. The summed E-state index contributed by atoms with van der Waals surface area (Å²) in [5, 5.41) is 15.3. The summed E-state index contributed by atoms with van der Waals surface area (Å²) in [6.07, 6.45) is 6.34. The van der Waals surface area contributed by atoms with E-state index in [0.29, 0.717) is 18.4 Å². The van der Waals surface area contributed by atoms with Crippen LogP contribution >= 0.6 is 0 Å². The van der Waals surface area contributed by atoms with E-state index in [1.165, 1.54) is 0 Å². The Hall–Kier alpha value is -2.22. The number of fused-ring (bicyclic) bond motifs is 1. The number of aryl methyl sites for hydroxylation is 1. The summed E-state index contributed by atoms with van der Waals surface area (Å²) < 4.78 is 8.14. The summed E-state index contributed by atoms with van der Waals surface area (Å²) in [7, 11) is 0. The number of aromatic nitrogens is 5. The molecule has 2 aromatic rings. The van der Waals surface area contributed by atoms with Crippen LogP contribution in [0.1, 0.15) is 44.8 Å². The van der Waals surface area contributed by atoms with Gasteiger partial charge in [0.05, 0.1) is 18.7 Å². The number of hydrogen-bond acceptors (Lipinski definition) is 7. The highest BCUT2D eigenvalue weighted by molar-refractivity contribution is 5.40. The molecule has 0 amide bonds. The Morgan fingerprint density at radius 3 is 3.12 bits per heavy atom. The fraction of sp³-hybridized carbons (Fsp3) is 0.667. The van der Waals surface area contributed by atoms with Gasteiger partial charge in [0.1, 0.15) is 11.6 Å². The van der Waals surface area contributed by atoms with Gasteiger partial charge in [-0.1, -0.05) is 13.8 Å². The molecule has 4 rings (SSSR count). The molecule has 2 atom stereocenters. The van der Waals surface area contributed by atoms with Crippen molar-refractivity contribution in [3.63, 3.8) is 0 Å². The monoisotopic (exact) mass is 357 g/mol. The number of nitrogens with zero attached hydrogens (tertiary/aromatic N) is 5. The molecular weight excluding hydrogens is 330 g/mol. The van der Waals surface area contributed by atoms with E-state index < -0.39 is 0 Å². The molecule has 2 aliphatic rings. The molecule has 0 saturated carbocycles. The summed E-state index contributed by atoms with van der Waals surface area (Å²) in [5.74, 6) is 3.93. The van der Waals surface area contributed by atoms with E-state index in [4.69, 9.17) is 4.74 Å². The molecule has 140 valence electrons. The van der Waals surface area contributed by atoms with Crippen molar-refractivity contribution in [2.75, 3.05) is 17.2 Å². The van der Waals surface area contributed by atoms with Crippen molar-refractivity contribution in [2.45, 2.75) is 64.8 Å². The molecule has 2 N–H and O–H groups in total. The van der Waals surface area contributed by atoms with Crippen LogP contribution in [0.25, 0.3) is 0 Å². The van der Waals surface area contributed by atoms with Gasteiger partial charge in [0.15, 0.2) is 5.82 Å². The molecular formula is C18H27N7O. The zero-order valence-electron chi connectivity index (χ0n) is 15.5. The van der Waals surface area contributed by atoms with Crippen molar-refractivity contribution in [3.05, 3.63) is 23.9 Å². The third kappa shape index (κ3) is 3.65. The van der Waals surface area contributed by atoms with Gasteiger partial charge in [-0.2, -0.15) is 4.98 Å². The second-order valence-corrected chi connectivity index (χ2v) is 7.38. The number of rotatable bonds is 6. The number of hydrogen-bond donors (Lipinski definition) is 2. The largest absolute Gasteiger partial charge is 0.376 e. The average molecular weight is 357 g/mol. The van der Waals surface area contributed by atoms with Crippen LogP contribution in [-0.2, 0) is 24.2 Å². The molecule has 2 aromatic heterocycles. The van der Waals surface area contributed by atoms with Crippen LogP contribution in [0.15, 0.2) is 12.3 Å². The van der Waals surface area contributed by atoms with Gasteiger partial charge in [-0.15, -0.1) is 10.2 Å². The Kier molecular flexibility index (Phi) is 5.01. The first-order chi connectivity index (χ1) is 12.7. The van der Waals surface area contributed by atoms with Crippen LogP contribution in [0.3, 0.4) is 0 Å². The molecule has 2 aliphatic heterocycles. The minimum absolute atomic E-state index is 0.216. The molecule has 0 aliphatic carbocycles. The predicted octanol–water partition coefficient (Wildman–Crippen LogP) is 2.24. The standard InChI is InChI=1S/C18H27N7O/c1-12(2)17-13(5-4-10-26-17)21-14-7-8-19-18(22-14)20-11-16-24-23-15-6-3-9-25(15)16/h7-8,12-13,17H,3-6,9-11H2,1-2H3,(H2,19,20,21,22)/t13-,17+/m1/s1. The zero-order valence-corrected chi connectivity index (χ0v) is 15.5. The minimum Gasteiger partial charge on any atom is -0.376 e. The van der Waals surface area contributed by atoms with E-state index in [9.17, 15) is 0 Å². The summed E-state index contributed by atoms with van der Waals surface area (Å²) in [5.41, 5.74) is 0. The number of nitrogens with one attached hydrogen (secondary N) is 2. The first kappa shape index (κ1) is 17.2. The second kappa shape index (κ2) is 7.57. The van der Waals surface area contributed by atoms with Gasteiger partial charge in [-0.25, -0.2) is 4.98 Å². The van der Waals surface area contributed by atoms with Gasteiger partial charge in [-0.05, 0) is 31.2 Å². The van der Waals surface area contributed by atoms with E-state index in [-0.39, 0.29) is 12.1 Å².